The minimum Gasteiger partial charge on any atom is -0.466 e. The molecule has 35 heavy (non-hydrogen) atoms. The Kier molecular flexibility index (Phi) is 5.75. The average molecular weight is 539 g/mol. The molecule has 2 heterocycles. The number of nitrogens with zero attached hydrogens (tertiary/aromatic N) is 2. The Morgan fingerprint density at radius 1 is 1.00 bits per heavy atom. The molecule has 1 saturated carbocycles. The van der Waals surface area contributed by atoms with E-state index in [1.54, 1.807) is 24.3 Å². The van der Waals surface area contributed by atoms with E-state index in [-0.39, 0.29) is 11.8 Å². The molecule has 0 unspecified atom stereocenters. The lowest BCUT2D eigenvalue weighted by atomic mass is 9.78. The van der Waals surface area contributed by atoms with Gasteiger partial charge in [0.1, 0.15) is 11.5 Å². The molecule has 3 aromatic carbocycles. The van der Waals surface area contributed by atoms with Crippen molar-refractivity contribution in [2.45, 2.75) is 56.4 Å². The van der Waals surface area contributed by atoms with E-state index in [9.17, 15) is 8.78 Å². The van der Waals surface area contributed by atoms with Crippen LogP contribution in [0.15, 0.2) is 82.4 Å². The monoisotopic (exact) mass is 538 g/mol. The average Bonchev–Trinajstić information content (AvgIpc) is 3.33. The molecular formula is C28H25BrF2N2O2. The molecule has 0 amide bonds. The number of rotatable bonds is 4. The first-order valence-electron chi connectivity index (χ1n) is 12.0. The standard InChI is InChI=1S/C28H25BrF2N2O2/c29-21-8-11-26-23(16-21)25-17-24(20-6-9-22(10-7-20)34-27(30)31)32-33(25)28(35-26)14-12-19(13-15-28)18-4-2-1-3-5-18/h1-11,16,19,25,27H,12-15,17H2/t19?,25-,28?/m0/s1. The molecule has 3 aromatic rings. The Bertz CT molecular complexity index is 1240. The van der Waals surface area contributed by atoms with Crippen LogP contribution in [0.4, 0.5) is 8.78 Å². The lowest BCUT2D eigenvalue weighted by molar-refractivity contribution is -0.142. The third-order valence-electron chi connectivity index (χ3n) is 7.41. The molecule has 1 spiro atoms. The summed E-state index contributed by atoms with van der Waals surface area (Å²) < 4.78 is 37.4. The van der Waals surface area contributed by atoms with Crippen LogP contribution in [0.5, 0.6) is 11.5 Å². The Balaban J connectivity index is 1.32. The van der Waals surface area contributed by atoms with Crippen molar-refractivity contribution in [3.63, 3.8) is 0 Å². The molecule has 0 bridgehead atoms. The van der Waals surface area contributed by atoms with E-state index in [0.29, 0.717) is 5.92 Å². The van der Waals surface area contributed by atoms with Crippen molar-refractivity contribution in [1.29, 1.82) is 0 Å². The predicted molar refractivity (Wildman–Crippen MR) is 134 cm³/mol. The van der Waals surface area contributed by atoms with Crippen molar-refractivity contribution in [2.24, 2.45) is 5.10 Å². The molecule has 6 rings (SSSR count). The first kappa shape index (κ1) is 22.5. The number of hydrazone groups is 1. The molecule has 4 nitrogen and oxygen atoms in total. The largest absolute Gasteiger partial charge is 0.466 e. The van der Waals surface area contributed by atoms with E-state index in [1.165, 1.54) is 5.56 Å². The van der Waals surface area contributed by atoms with Gasteiger partial charge in [0.25, 0.3) is 0 Å². The summed E-state index contributed by atoms with van der Waals surface area (Å²) in [6, 6.07) is 23.7. The van der Waals surface area contributed by atoms with Gasteiger partial charge < -0.3 is 9.47 Å². The van der Waals surface area contributed by atoms with Gasteiger partial charge in [-0.1, -0.05) is 46.3 Å². The van der Waals surface area contributed by atoms with Crippen molar-refractivity contribution in [3.8, 4) is 11.5 Å². The van der Waals surface area contributed by atoms with Crippen molar-refractivity contribution in [1.82, 2.24) is 5.01 Å². The lowest BCUT2D eigenvalue weighted by Gasteiger charge is -2.50. The van der Waals surface area contributed by atoms with Gasteiger partial charge in [-0.05, 0) is 72.4 Å². The molecule has 0 saturated heterocycles. The summed E-state index contributed by atoms with van der Waals surface area (Å²) in [5.41, 5.74) is 3.85. The summed E-state index contributed by atoms with van der Waals surface area (Å²) in [7, 11) is 0. The van der Waals surface area contributed by atoms with Crippen LogP contribution >= 0.6 is 15.9 Å². The van der Waals surface area contributed by atoms with Crippen LogP contribution in [-0.2, 0) is 0 Å². The molecule has 3 aliphatic rings. The van der Waals surface area contributed by atoms with E-state index in [2.05, 4.69) is 68.1 Å². The highest BCUT2D eigenvalue weighted by Crippen LogP contribution is 2.53. The van der Waals surface area contributed by atoms with E-state index >= 15 is 0 Å². The van der Waals surface area contributed by atoms with Crippen LogP contribution in [0.3, 0.4) is 0 Å². The molecule has 1 atom stereocenters. The molecular weight excluding hydrogens is 514 g/mol. The van der Waals surface area contributed by atoms with Gasteiger partial charge in [0.05, 0.1) is 11.8 Å². The molecule has 1 fully saturated rings. The van der Waals surface area contributed by atoms with Crippen LogP contribution in [0.25, 0.3) is 0 Å². The third-order valence-corrected chi connectivity index (χ3v) is 7.90. The summed E-state index contributed by atoms with van der Waals surface area (Å²) >= 11 is 3.61. The summed E-state index contributed by atoms with van der Waals surface area (Å²) in [6.07, 6.45) is 4.56. The number of hydrogen-bond donors (Lipinski definition) is 0. The number of ether oxygens (including phenoxy) is 2. The van der Waals surface area contributed by atoms with Crippen LogP contribution in [0.1, 0.15) is 60.8 Å². The summed E-state index contributed by atoms with van der Waals surface area (Å²) in [5, 5.41) is 7.28. The highest BCUT2D eigenvalue weighted by molar-refractivity contribution is 9.10. The Hall–Kier alpha value is -2.93. The summed E-state index contributed by atoms with van der Waals surface area (Å²) in [5.74, 6) is 1.58. The molecule has 0 aromatic heterocycles. The van der Waals surface area contributed by atoms with Crippen molar-refractivity contribution < 1.29 is 18.3 Å². The highest BCUT2D eigenvalue weighted by atomic mass is 79.9. The summed E-state index contributed by atoms with van der Waals surface area (Å²) in [6.45, 7) is -2.84. The second kappa shape index (κ2) is 8.94. The maximum Gasteiger partial charge on any atom is 0.387 e. The fourth-order valence-electron chi connectivity index (χ4n) is 5.71. The smallest absolute Gasteiger partial charge is 0.387 e. The van der Waals surface area contributed by atoms with Gasteiger partial charge in [-0.2, -0.15) is 13.9 Å². The van der Waals surface area contributed by atoms with Gasteiger partial charge in [0, 0.05) is 29.3 Å². The highest BCUT2D eigenvalue weighted by Gasteiger charge is 2.52. The van der Waals surface area contributed by atoms with Crippen molar-refractivity contribution in [2.75, 3.05) is 0 Å². The number of benzene rings is 3. The van der Waals surface area contributed by atoms with Crippen LogP contribution in [0, 0.1) is 0 Å². The second-order valence-corrected chi connectivity index (χ2v) is 10.3. The quantitative estimate of drug-likeness (QED) is 0.342. The maximum atomic E-state index is 12.6. The minimum atomic E-state index is -2.84. The van der Waals surface area contributed by atoms with E-state index in [4.69, 9.17) is 9.84 Å². The maximum absolute atomic E-state index is 12.6. The van der Waals surface area contributed by atoms with Gasteiger partial charge in [-0.15, -0.1) is 0 Å². The molecule has 7 heteroatoms. The van der Waals surface area contributed by atoms with Crippen molar-refractivity contribution in [3.05, 3.63) is 94.0 Å². The fraction of sp³-hybridized carbons (Fsp3) is 0.321. The SMILES string of the molecule is FC(F)Oc1ccc(C2=NN3[C@@H](C2)c2cc(Br)ccc2OC32CCC(c3ccccc3)CC2)cc1. The Morgan fingerprint density at radius 3 is 2.46 bits per heavy atom. The van der Waals surface area contributed by atoms with E-state index in [1.807, 2.05) is 6.07 Å². The second-order valence-electron chi connectivity index (χ2n) is 9.43. The third kappa shape index (κ3) is 4.20. The zero-order chi connectivity index (χ0) is 24.0. The van der Waals surface area contributed by atoms with Gasteiger partial charge in [-0.25, -0.2) is 5.01 Å². The normalized spacial score (nSPS) is 25.1. The molecule has 180 valence electrons. The van der Waals surface area contributed by atoms with Gasteiger partial charge >= 0.3 is 6.61 Å². The molecule has 2 aliphatic heterocycles. The number of fused-ring (bicyclic) bond motifs is 4. The van der Waals surface area contributed by atoms with Crippen molar-refractivity contribution >= 4 is 21.6 Å². The zero-order valence-electron chi connectivity index (χ0n) is 19.0. The topological polar surface area (TPSA) is 34.1 Å². The minimum absolute atomic E-state index is 0.0662. The fourth-order valence-corrected chi connectivity index (χ4v) is 6.09. The van der Waals surface area contributed by atoms with Crippen LogP contribution < -0.4 is 9.47 Å². The first-order valence-corrected chi connectivity index (χ1v) is 12.8. The summed E-state index contributed by atoms with van der Waals surface area (Å²) in [4.78, 5) is 0. The zero-order valence-corrected chi connectivity index (χ0v) is 20.6. The van der Waals surface area contributed by atoms with Crippen LogP contribution in [-0.4, -0.2) is 23.1 Å². The molecule has 1 aliphatic carbocycles. The van der Waals surface area contributed by atoms with Crippen LogP contribution in [0.2, 0.25) is 0 Å². The molecule has 0 radical (unpaired) electrons. The number of alkyl halides is 2. The predicted octanol–water partition coefficient (Wildman–Crippen LogP) is 7.65. The Morgan fingerprint density at radius 2 is 1.74 bits per heavy atom. The van der Waals surface area contributed by atoms with Gasteiger partial charge in [0.2, 0.25) is 0 Å². The number of hydrogen-bond acceptors (Lipinski definition) is 4. The van der Waals surface area contributed by atoms with E-state index < -0.39 is 12.3 Å². The van der Waals surface area contributed by atoms with E-state index in [0.717, 1.165) is 59.2 Å². The number of halogens is 3. The Labute approximate surface area is 211 Å². The van der Waals surface area contributed by atoms with Gasteiger partial charge in [0.15, 0.2) is 5.72 Å². The lowest BCUT2D eigenvalue weighted by Crippen LogP contribution is -2.55. The first-order chi connectivity index (χ1) is 17.0. The molecule has 0 N–H and O–H groups in total. The van der Waals surface area contributed by atoms with Gasteiger partial charge in [-0.3, -0.25) is 0 Å².